The van der Waals surface area contributed by atoms with Crippen LogP contribution in [0.1, 0.15) is 17.3 Å². The summed E-state index contributed by atoms with van der Waals surface area (Å²) < 4.78 is 7.06. The molecule has 0 saturated heterocycles. The third-order valence-corrected chi connectivity index (χ3v) is 5.30. The van der Waals surface area contributed by atoms with Gasteiger partial charge in [0.25, 0.3) is 5.91 Å². The maximum absolute atomic E-state index is 12.7. The number of rotatable bonds is 4. The van der Waals surface area contributed by atoms with Crippen LogP contribution in [0.15, 0.2) is 41.4 Å². The van der Waals surface area contributed by atoms with E-state index in [1.807, 2.05) is 0 Å². The Kier molecular flexibility index (Phi) is 6.36. The first-order valence-electron chi connectivity index (χ1n) is 8.30. The van der Waals surface area contributed by atoms with Crippen LogP contribution >= 0.6 is 34.5 Å². The maximum Gasteiger partial charge on any atom is 0.325 e. The Morgan fingerprint density at radius 1 is 1.14 bits per heavy atom. The Hall–Kier alpha value is -2.68. The Morgan fingerprint density at radius 3 is 2.45 bits per heavy atom. The number of amides is 2. The standard InChI is InChI=1S/C19H15Cl2N3O4S/c1-10(25)22-14-3-4-15-16(8-14)29-19(24(15)9-17(26)28-2)23-18(27)11-5-12(20)7-13(21)6-11/h3-8H,9H2,1-2H3,(H,22,25). The highest BCUT2D eigenvalue weighted by atomic mass is 35.5. The maximum atomic E-state index is 12.7. The summed E-state index contributed by atoms with van der Waals surface area (Å²) in [6.07, 6.45) is 0. The van der Waals surface area contributed by atoms with Crippen molar-refractivity contribution in [3.8, 4) is 0 Å². The molecule has 0 fully saturated rings. The van der Waals surface area contributed by atoms with Crippen LogP contribution in [-0.2, 0) is 20.9 Å². The number of halogens is 2. The first-order chi connectivity index (χ1) is 13.8. The second-order valence-corrected chi connectivity index (χ2v) is 7.87. The van der Waals surface area contributed by atoms with Gasteiger partial charge in [-0.2, -0.15) is 4.99 Å². The molecule has 0 aliphatic carbocycles. The molecular weight excluding hydrogens is 437 g/mol. The van der Waals surface area contributed by atoms with E-state index in [0.29, 0.717) is 26.1 Å². The SMILES string of the molecule is COC(=O)Cn1c(=NC(=O)c2cc(Cl)cc(Cl)c2)sc2cc(NC(C)=O)ccc21. The van der Waals surface area contributed by atoms with Crippen LogP contribution in [0.25, 0.3) is 10.2 Å². The number of hydrogen-bond donors (Lipinski definition) is 1. The number of aromatic nitrogens is 1. The number of anilines is 1. The fourth-order valence-corrected chi connectivity index (χ4v) is 4.21. The number of esters is 1. The summed E-state index contributed by atoms with van der Waals surface area (Å²) in [5, 5.41) is 3.33. The summed E-state index contributed by atoms with van der Waals surface area (Å²) in [5.41, 5.74) is 1.49. The Labute approximate surface area is 179 Å². The zero-order valence-corrected chi connectivity index (χ0v) is 17.7. The van der Waals surface area contributed by atoms with Crippen LogP contribution in [0.3, 0.4) is 0 Å². The third-order valence-electron chi connectivity index (χ3n) is 3.82. The van der Waals surface area contributed by atoms with Gasteiger partial charge in [-0.3, -0.25) is 14.4 Å². The highest BCUT2D eigenvalue weighted by Crippen LogP contribution is 2.23. The molecule has 1 N–H and O–H groups in total. The topological polar surface area (TPSA) is 89.8 Å². The molecule has 0 spiro atoms. The second-order valence-electron chi connectivity index (χ2n) is 5.99. The van der Waals surface area contributed by atoms with Crippen molar-refractivity contribution >= 4 is 68.2 Å². The molecular formula is C19H15Cl2N3O4S. The molecule has 1 aromatic heterocycles. The number of nitrogens with one attached hydrogen (secondary N) is 1. The lowest BCUT2D eigenvalue weighted by molar-refractivity contribution is -0.141. The normalized spacial score (nSPS) is 11.5. The van der Waals surface area contributed by atoms with Gasteiger partial charge in [-0.15, -0.1) is 0 Å². The zero-order valence-electron chi connectivity index (χ0n) is 15.4. The third kappa shape index (κ3) is 5.03. The van der Waals surface area contributed by atoms with Gasteiger partial charge < -0.3 is 14.6 Å². The lowest BCUT2D eigenvalue weighted by atomic mass is 10.2. The lowest BCUT2D eigenvalue weighted by Crippen LogP contribution is -2.22. The molecule has 0 bridgehead atoms. The fraction of sp³-hybridized carbons (Fsp3) is 0.158. The van der Waals surface area contributed by atoms with Crippen LogP contribution in [0.5, 0.6) is 0 Å². The first kappa shape index (κ1) is 21.0. The molecule has 0 aliphatic rings. The monoisotopic (exact) mass is 451 g/mol. The average molecular weight is 452 g/mol. The second kappa shape index (κ2) is 8.77. The van der Waals surface area contributed by atoms with E-state index in [2.05, 4.69) is 10.3 Å². The summed E-state index contributed by atoms with van der Waals surface area (Å²) in [7, 11) is 1.28. The minimum atomic E-state index is -0.554. The smallest absolute Gasteiger partial charge is 0.325 e. The van der Waals surface area contributed by atoms with E-state index < -0.39 is 11.9 Å². The summed E-state index contributed by atoms with van der Waals surface area (Å²) in [5.74, 6) is -1.25. The van der Waals surface area contributed by atoms with Crippen molar-refractivity contribution in [2.24, 2.45) is 4.99 Å². The van der Waals surface area contributed by atoms with Crippen LogP contribution in [-0.4, -0.2) is 29.5 Å². The molecule has 0 unspecified atom stereocenters. The summed E-state index contributed by atoms with van der Waals surface area (Å²) in [4.78, 5) is 40.3. The minimum Gasteiger partial charge on any atom is -0.468 e. The number of hydrogen-bond acceptors (Lipinski definition) is 5. The van der Waals surface area contributed by atoms with Crippen molar-refractivity contribution in [3.63, 3.8) is 0 Å². The van der Waals surface area contributed by atoms with E-state index in [4.69, 9.17) is 27.9 Å². The fourth-order valence-electron chi connectivity index (χ4n) is 2.61. The summed E-state index contributed by atoms with van der Waals surface area (Å²) in [6, 6.07) is 9.62. The van der Waals surface area contributed by atoms with Gasteiger partial charge in [-0.05, 0) is 36.4 Å². The molecule has 0 saturated carbocycles. The van der Waals surface area contributed by atoms with Gasteiger partial charge >= 0.3 is 5.97 Å². The van der Waals surface area contributed by atoms with E-state index in [1.165, 1.54) is 43.6 Å². The van der Waals surface area contributed by atoms with Gasteiger partial charge in [0.05, 0.1) is 17.3 Å². The molecule has 29 heavy (non-hydrogen) atoms. The number of methoxy groups -OCH3 is 1. The Morgan fingerprint density at radius 2 is 1.83 bits per heavy atom. The van der Waals surface area contributed by atoms with Crippen LogP contribution in [0.2, 0.25) is 10.0 Å². The molecule has 7 nitrogen and oxygen atoms in total. The zero-order chi connectivity index (χ0) is 21.1. The largest absolute Gasteiger partial charge is 0.468 e. The Bertz CT molecular complexity index is 1180. The average Bonchev–Trinajstić information content (AvgIpc) is 2.96. The van der Waals surface area contributed by atoms with Gasteiger partial charge in [0.2, 0.25) is 5.91 Å². The van der Waals surface area contributed by atoms with E-state index in [-0.39, 0.29) is 18.0 Å². The lowest BCUT2D eigenvalue weighted by Gasteiger charge is -2.05. The number of carbonyl (C=O) groups is 3. The Balaban J connectivity index is 2.14. The quantitative estimate of drug-likeness (QED) is 0.609. The van der Waals surface area contributed by atoms with Gasteiger partial charge in [0.15, 0.2) is 4.80 Å². The van der Waals surface area contributed by atoms with Gasteiger partial charge in [0, 0.05) is 28.2 Å². The van der Waals surface area contributed by atoms with Crippen molar-refractivity contribution in [1.82, 2.24) is 4.57 Å². The van der Waals surface area contributed by atoms with Crippen molar-refractivity contribution in [1.29, 1.82) is 0 Å². The van der Waals surface area contributed by atoms with E-state index in [1.54, 1.807) is 22.8 Å². The highest BCUT2D eigenvalue weighted by Gasteiger charge is 2.14. The molecule has 3 rings (SSSR count). The molecule has 3 aromatic rings. The first-order valence-corrected chi connectivity index (χ1v) is 9.87. The molecule has 0 aliphatic heterocycles. The van der Waals surface area contributed by atoms with Crippen molar-refractivity contribution in [2.75, 3.05) is 12.4 Å². The predicted molar refractivity (Wildman–Crippen MR) is 112 cm³/mol. The molecule has 150 valence electrons. The molecule has 10 heteroatoms. The molecule has 2 amide bonds. The summed E-state index contributed by atoms with van der Waals surface area (Å²) in [6.45, 7) is 1.28. The molecule has 1 heterocycles. The van der Waals surface area contributed by atoms with Gasteiger partial charge in [-0.25, -0.2) is 0 Å². The molecule has 0 atom stereocenters. The highest BCUT2D eigenvalue weighted by molar-refractivity contribution is 7.16. The molecule has 2 aromatic carbocycles. The molecule has 0 radical (unpaired) electrons. The van der Waals surface area contributed by atoms with Crippen LogP contribution in [0.4, 0.5) is 5.69 Å². The van der Waals surface area contributed by atoms with Crippen molar-refractivity contribution < 1.29 is 19.1 Å². The van der Waals surface area contributed by atoms with Crippen LogP contribution in [0, 0.1) is 0 Å². The number of carbonyl (C=O) groups excluding carboxylic acids is 3. The number of fused-ring (bicyclic) bond motifs is 1. The predicted octanol–water partition coefficient (Wildman–Crippen LogP) is 3.88. The van der Waals surface area contributed by atoms with E-state index in [0.717, 1.165) is 4.70 Å². The van der Waals surface area contributed by atoms with Crippen molar-refractivity contribution in [3.05, 3.63) is 56.8 Å². The van der Waals surface area contributed by atoms with Gasteiger partial charge in [-0.1, -0.05) is 34.5 Å². The number of ether oxygens (including phenoxy) is 1. The summed E-state index contributed by atoms with van der Waals surface area (Å²) >= 11 is 13.1. The van der Waals surface area contributed by atoms with Crippen molar-refractivity contribution in [2.45, 2.75) is 13.5 Å². The minimum absolute atomic E-state index is 0.127. The van der Waals surface area contributed by atoms with E-state index in [9.17, 15) is 14.4 Å². The van der Waals surface area contributed by atoms with E-state index >= 15 is 0 Å². The number of thiazole rings is 1. The number of benzene rings is 2. The number of nitrogens with zero attached hydrogens (tertiary/aromatic N) is 2. The van der Waals surface area contributed by atoms with Gasteiger partial charge in [0.1, 0.15) is 6.54 Å². The van der Waals surface area contributed by atoms with Crippen LogP contribution < -0.4 is 10.1 Å².